The summed E-state index contributed by atoms with van der Waals surface area (Å²) >= 11 is 0. The van der Waals surface area contributed by atoms with Crippen molar-refractivity contribution in [1.29, 1.82) is 0 Å². The monoisotopic (exact) mass is 254 g/mol. The van der Waals surface area contributed by atoms with Crippen molar-refractivity contribution in [2.24, 2.45) is 0 Å². The lowest BCUT2D eigenvalue weighted by Crippen LogP contribution is -2.07. The highest BCUT2D eigenvalue weighted by Crippen LogP contribution is 2.19. The fraction of sp³-hybridized carbons (Fsp3) is 0.235. The molecular weight excluding hydrogens is 236 g/mol. The Kier molecular flexibility index (Phi) is 4.00. The summed E-state index contributed by atoms with van der Waals surface area (Å²) in [4.78, 5) is 12.4. The fourth-order valence-electron chi connectivity index (χ4n) is 1.97. The van der Waals surface area contributed by atoms with E-state index in [4.69, 9.17) is 4.74 Å². The summed E-state index contributed by atoms with van der Waals surface area (Å²) < 4.78 is 5.62. The number of aryl methyl sites for hydroxylation is 1. The predicted octanol–water partition coefficient (Wildman–Crippen LogP) is 4.01. The van der Waals surface area contributed by atoms with Gasteiger partial charge in [0.15, 0.2) is 5.78 Å². The Balaban J connectivity index is 2.32. The molecule has 0 aliphatic rings. The van der Waals surface area contributed by atoms with Crippen LogP contribution >= 0.6 is 0 Å². The highest BCUT2D eigenvalue weighted by molar-refractivity contribution is 6.10. The lowest BCUT2D eigenvalue weighted by molar-refractivity contribution is 0.103. The molecule has 0 unspecified atom stereocenters. The number of carbonyl (C=O) groups excluding carboxylic acids is 1. The van der Waals surface area contributed by atoms with E-state index in [2.05, 4.69) is 0 Å². The summed E-state index contributed by atoms with van der Waals surface area (Å²) in [7, 11) is 0. The van der Waals surface area contributed by atoms with E-state index >= 15 is 0 Å². The number of ether oxygens (including phenoxy) is 1. The van der Waals surface area contributed by atoms with E-state index in [0.717, 1.165) is 16.9 Å². The number of benzene rings is 2. The molecule has 0 saturated carbocycles. The van der Waals surface area contributed by atoms with Crippen LogP contribution in [-0.4, -0.2) is 11.9 Å². The minimum atomic E-state index is 0.0345. The number of ketones is 1. The Labute approximate surface area is 114 Å². The molecule has 0 amide bonds. The zero-order chi connectivity index (χ0) is 13.8. The number of carbonyl (C=O) groups is 1. The largest absolute Gasteiger partial charge is 0.491 e. The van der Waals surface area contributed by atoms with Crippen molar-refractivity contribution < 1.29 is 9.53 Å². The van der Waals surface area contributed by atoms with Gasteiger partial charge in [-0.3, -0.25) is 4.79 Å². The van der Waals surface area contributed by atoms with Gasteiger partial charge in [-0.05, 0) is 38.5 Å². The molecule has 2 rings (SSSR count). The lowest BCUT2D eigenvalue weighted by atomic mass is 9.99. The average molecular weight is 254 g/mol. The molecule has 0 bridgehead atoms. The summed E-state index contributed by atoms with van der Waals surface area (Å²) in [6.45, 7) is 5.88. The van der Waals surface area contributed by atoms with Crippen molar-refractivity contribution in [2.45, 2.75) is 26.9 Å². The molecule has 0 atom stereocenters. The van der Waals surface area contributed by atoms with Gasteiger partial charge in [0.05, 0.1) is 6.10 Å². The van der Waals surface area contributed by atoms with Crippen molar-refractivity contribution in [3.05, 3.63) is 65.2 Å². The molecule has 2 aromatic carbocycles. The first-order valence-electron chi connectivity index (χ1n) is 6.45. The summed E-state index contributed by atoms with van der Waals surface area (Å²) in [5.41, 5.74) is 2.39. The third-order valence-corrected chi connectivity index (χ3v) is 2.86. The van der Waals surface area contributed by atoms with Crippen LogP contribution < -0.4 is 4.74 Å². The van der Waals surface area contributed by atoms with Crippen LogP contribution in [0.2, 0.25) is 0 Å². The first-order valence-corrected chi connectivity index (χ1v) is 6.45. The highest BCUT2D eigenvalue weighted by atomic mass is 16.5. The summed E-state index contributed by atoms with van der Waals surface area (Å²) in [6, 6.07) is 15.0. The predicted molar refractivity (Wildman–Crippen MR) is 76.8 cm³/mol. The second-order valence-electron chi connectivity index (χ2n) is 4.84. The molecule has 0 aliphatic carbocycles. The zero-order valence-corrected chi connectivity index (χ0v) is 11.5. The first kappa shape index (κ1) is 13.3. The van der Waals surface area contributed by atoms with Crippen molar-refractivity contribution in [3.8, 4) is 5.75 Å². The third-order valence-electron chi connectivity index (χ3n) is 2.86. The maximum Gasteiger partial charge on any atom is 0.193 e. The van der Waals surface area contributed by atoms with Gasteiger partial charge in [-0.1, -0.05) is 36.4 Å². The van der Waals surface area contributed by atoms with Crippen LogP contribution in [0.25, 0.3) is 0 Å². The number of hydrogen-bond acceptors (Lipinski definition) is 2. The third kappa shape index (κ3) is 3.22. The molecule has 0 heterocycles. The van der Waals surface area contributed by atoms with Gasteiger partial charge in [0.2, 0.25) is 0 Å². The van der Waals surface area contributed by atoms with Gasteiger partial charge in [0, 0.05) is 11.1 Å². The maximum absolute atomic E-state index is 12.4. The highest BCUT2D eigenvalue weighted by Gasteiger charge is 2.12. The first-order chi connectivity index (χ1) is 9.08. The number of hydrogen-bond donors (Lipinski definition) is 0. The average Bonchev–Trinajstić information content (AvgIpc) is 2.38. The SMILES string of the molecule is Cc1ccccc1C(=O)c1cccc(OC(C)C)c1. The van der Waals surface area contributed by atoms with Crippen LogP contribution in [0.4, 0.5) is 0 Å². The van der Waals surface area contributed by atoms with Crippen LogP contribution in [0, 0.1) is 6.92 Å². The summed E-state index contributed by atoms with van der Waals surface area (Å²) in [6.07, 6.45) is 0.101. The Morgan fingerprint density at radius 2 is 1.79 bits per heavy atom. The molecule has 0 aromatic heterocycles. The Morgan fingerprint density at radius 3 is 2.47 bits per heavy atom. The summed E-state index contributed by atoms with van der Waals surface area (Å²) in [5.74, 6) is 0.766. The fourth-order valence-corrected chi connectivity index (χ4v) is 1.97. The van der Waals surface area contributed by atoms with Gasteiger partial charge < -0.3 is 4.74 Å². The molecule has 0 aliphatic heterocycles. The van der Waals surface area contributed by atoms with Crippen LogP contribution in [0.15, 0.2) is 48.5 Å². The summed E-state index contributed by atoms with van der Waals surface area (Å²) in [5, 5.41) is 0. The van der Waals surface area contributed by atoms with E-state index in [-0.39, 0.29) is 11.9 Å². The van der Waals surface area contributed by atoms with Gasteiger partial charge in [0.25, 0.3) is 0 Å². The van der Waals surface area contributed by atoms with Crippen molar-refractivity contribution in [2.75, 3.05) is 0 Å². The van der Waals surface area contributed by atoms with E-state index in [0.29, 0.717) is 5.56 Å². The van der Waals surface area contributed by atoms with Gasteiger partial charge in [-0.15, -0.1) is 0 Å². The Bertz CT molecular complexity index is 585. The molecule has 2 heteroatoms. The molecule has 0 saturated heterocycles. The van der Waals surface area contributed by atoms with E-state index in [9.17, 15) is 4.79 Å². The molecule has 0 N–H and O–H groups in total. The van der Waals surface area contributed by atoms with Crippen LogP contribution in [-0.2, 0) is 0 Å². The van der Waals surface area contributed by atoms with Crippen molar-refractivity contribution in [1.82, 2.24) is 0 Å². The lowest BCUT2D eigenvalue weighted by Gasteiger charge is -2.11. The Hall–Kier alpha value is -2.09. The van der Waals surface area contributed by atoms with Crippen LogP contribution in [0.1, 0.15) is 35.3 Å². The standard InChI is InChI=1S/C17H18O2/c1-12(2)19-15-9-6-8-14(11-15)17(18)16-10-5-4-7-13(16)3/h4-12H,1-3H3. The molecule has 0 spiro atoms. The second kappa shape index (κ2) is 5.70. The minimum absolute atomic E-state index is 0.0345. The van der Waals surface area contributed by atoms with E-state index in [1.807, 2.05) is 63.2 Å². The molecular formula is C17H18O2. The molecule has 2 aromatic rings. The van der Waals surface area contributed by atoms with Crippen LogP contribution in [0.3, 0.4) is 0 Å². The van der Waals surface area contributed by atoms with Gasteiger partial charge in [-0.25, -0.2) is 0 Å². The quantitative estimate of drug-likeness (QED) is 0.770. The van der Waals surface area contributed by atoms with Gasteiger partial charge in [0.1, 0.15) is 5.75 Å². The van der Waals surface area contributed by atoms with Gasteiger partial charge >= 0.3 is 0 Å². The van der Waals surface area contributed by atoms with Gasteiger partial charge in [-0.2, -0.15) is 0 Å². The maximum atomic E-state index is 12.4. The van der Waals surface area contributed by atoms with Crippen LogP contribution in [0.5, 0.6) is 5.75 Å². The topological polar surface area (TPSA) is 26.3 Å². The molecule has 98 valence electrons. The molecule has 0 radical (unpaired) electrons. The Morgan fingerprint density at radius 1 is 1.05 bits per heavy atom. The normalized spacial score (nSPS) is 10.5. The zero-order valence-electron chi connectivity index (χ0n) is 11.5. The van der Waals surface area contributed by atoms with E-state index in [1.165, 1.54) is 0 Å². The second-order valence-corrected chi connectivity index (χ2v) is 4.84. The van der Waals surface area contributed by atoms with Crippen molar-refractivity contribution in [3.63, 3.8) is 0 Å². The number of rotatable bonds is 4. The van der Waals surface area contributed by atoms with E-state index in [1.54, 1.807) is 6.07 Å². The van der Waals surface area contributed by atoms with Crippen molar-refractivity contribution >= 4 is 5.78 Å². The molecule has 19 heavy (non-hydrogen) atoms. The minimum Gasteiger partial charge on any atom is -0.491 e. The smallest absolute Gasteiger partial charge is 0.193 e. The molecule has 0 fully saturated rings. The molecule has 2 nitrogen and oxygen atoms in total. The van der Waals surface area contributed by atoms with E-state index < -0.39 is 0 Å².